The number of rotatable bonds is 5. The molecule has 0 unspecified atom stereocenters. The predicted octanol–water partition coefficient (Wildman–Crippen LogP) is 1.99. The van der Waals surface area contributed by atoms with Gasteiger partial charge in [-0.3, -0.25) is 4.90 Å². The van der Waals surface area contributed by atoms with E-state index in [0.29, 0.717) is 0 Å². The number of likely N-dealkylation sites (N-methyl/N-ethyl adjacent to an activating group) is 1. The Morgan fingerprint density at radius 1 is 1.31 bits per heavy atom. The molecule has 0 aromatic heterocycles. The fourth-order valence-corrected chi connectivity index (χ4v) is 2.34. The normalized spacial score (nSPS) is 19.2. The van der Waals surface area contributed by atoms with Crippen molar-refractivity contribution in [3.63, 3.8) is 0 Å². The minimum atomic E-state index is 0.269. The van der Waals surface area contributed by atoms with Crippen molar-refractivity contribution in [3.8, 4) is 0 Å². The fraction of sp³-hybridized carbons (Fsp3) is 1.00. The van der Waals surface area contributed by atoms with Gasteiger partial charge in [-0.1, -0.05) is 20.3 Å². The highest BCUT2D eigenvalue weighted by Gasteiger charge is 2.35. The number of hydrogen-bond donors (Lipinski definition) is 1. The Morgan fingerprint density at radius 3 is 2.08 bits per heavy atom. The summed E-state index contributed by atoms with van der Waals surface area (Å²) >= 11 is 0. The molecular formula is C11H24N2. The Bertz CT molecular complexity index is 140. The monoisotopic (exact) mass is 184 g/mol. The molecule has 1 aliphatic rings. The Balaban J connectivity index is 2.60. The summed E-state index contributed by atoms with van der Waals surface area (Å²) in [4.78, 5) is 2.54. The van der Waals surface area contributed by atoms with E-state index in [1.54, 1.807) is 0 Å². The van der Waals surface area contributed by atoms with Crippen LogP contribution >= 0.6 is 0 Å². The molecule has 0 aliphatic heterocycles. The van der Waals surface area contributed by atoms with Crippen LogP contribution in [0.25, 0.3) is 0 Å². The van der Waals surface area contributed by atoms with Crippen molar-refractivity contribution >= 4 is 0 Å². The molecule has 0 spiro atoms. The van der Waals surface area contributed by atoms with E-state index in [1.807, 2.05) is 0 Å². The third-order valence-electron chi connectivity index (χ3n) is 4.07. The second kappa shape index (κ2) is 4.43. The largest absolute Gasteiger partial charge is 0.329 e. The van der Waals surface area contributed by atoms with Gasteiger partial charge in [0.2, 0.25) is 0 Å². The Morgan fingerprint density at radius 2 is 1.85 bits per heavy atom. The van der Waals surface area contributed by atoms with Crippen LogP contribution in [0, 0.1) is 0 Å². The lowest BCUT2D eigenvalue weighted by Crippen LogP contribution is -2.56. The molecule has 78 valence electrons. The Labute approximate surface area is 82.5 Å². The van der Waals surface area contributed by atoms with Gasteiger partial charge in [-0.05, 0) is 32.7 Å². The van der Waals surface area contributed by atoms with Gasteiger partial charge >= 0.3 is 0 Å². The van der Waals surface area contributed by atoms with E-state index in [0.717, 1.165) is 12.6 Å². The molecule has 0 heterocycles. The van der Waals surface area contributed by atoms with Crippen molar-refractivity contribution < 1.29 is 0 Å². The summed E-state index contributed by atoms with van der Waals surface area (Å²) in [5, 5.41) is 0. The summed E-state index contributed by atoms with van der Waals surface area (Å²) in [6, 6.07) is 0.809. The van der Waals surface area contributed by atoms with E-state index in [9.17, 15) is 0 Å². The van der Waals surface area contributed by atoms with Crippen LogP contribution in [0.5, 0.6) is 0 Å². The molecule has 13 heavy (non-hydrogen) atoms. The van der Waals surface area contributed by atoms with Gasteiger partial charge in [-0.2, -0.15) is 0 Å². The second-order valence-electron chi connectivity index (χ2n) is 4.33. The van der Waals surface area contributed by atoms with Crippen molar-refractivity contribution in [3.05, 3.63) is 0 Å². The molecule has 0 bridgehead atoms. The highest BCUT2D eigenvalue weighted by molar-refractivity contribution is 4.93. The first kappa shape index (κ1) is 11.0. The molecule has 1 saturated carbocycles. The van der Waals surface area contributed by atoms with E-state index < -0.39 is 0 Å². The summed E-state index contributed by atoms with van der Waals surface area (Å²) in [5.74, 6) is 0. The molecule has 1 rings (SSSR count). The summed E-state index contributed by atoms with van der Waals surface area (Å²) in [6.45, 7) is 5.31. The number of hydrogen-bond acceptors (Lipinski definition) is 2. The maximum absolute atomic E-state index is 5.90. The van der Waals surface area contributed by atoms with Crippen molar-refractivity contribution in [2.24, 2.45) is 5.73 Å². The zero-order chi connectivity index (χ0) is 9.90. The van der Waals surface area contributed by atoms with Crippen LogP contribution in [0.2, 0.25) is 0 Å². The Hall–Kier alpha value is -0.0800. The van der Waals surface area contributed by atoms with Crippen LogP contribution in [-0.2, 0) is 0 Å². The van der Waals surface area contributed by atoms with Crippen molar-refractivity contribution in [2.75, 3.05) is 13.6 Å². The van der Waals surface area contributed by atoms with E-state index in [4.69, 9.17) is 5.73 Å². The first-order valence-electron chi connectivity index (χ1n) is 5.63. The van der Waals surface area contributed by atoms with Crippen molar-refractivity contribution in [1.82, 2.24) is 4.90 Å². The van der Waals surface area contributed by atoms with Crippen LogP contribution in [0.15, 0.2) is 0 Å². The third-order valence-corrected chi connectivity index (χ3v) is 4.07. The third kappa shape index (κ3) is 1.89. The first-order chi connectivity index (χ1) is 6.20. The van der Waals surface area contributed by atoms with Gasteiger partial charge in [0.05, 0.1) is 0 Å². The van der Waals surface area contributed by atoms with Gasteiger partial charge in [0, 0.05) is 18.1 Å². The molecule has 0 atom stereocenters. The van der Waals surface area contributed by atoms with E-state index >= 15 is 0 Å². The maximum atomic E-state index is 5.90. The lowest BCUT2D eigenvalue weighted by atomic mass is 9.84. The summed E-state index contributed by atoms with van der Waals surface area (Å²) in [6.07, 6.45) is 6.50. The molecule has 0 aromatic carbocycles. The lowest BCUT2D eigenvalue weighted by molar-refractivity contribution is 0.0321. The first-order valence-corrected chi connectivity index (χ1v) is 5.63. The average molecular weight is 184 g/mol. The minimum Gasteiger partial charge on any atom is -0.329 e. The standard InChI is InChI=1S/C11H24N2/c1-4-11(5-2,9-12)13(3)10-7-6-8-10/h10H,4-9,12H2,1-3H3. The van der Waals surface area contributed by atoms with E-state index in [2.05, 4.69) is 25.8 Å². The van der Waals surface area contributed by atoms with Crippen LogP contribution < -0.4 is 5.73 Å². The molecule has 1 aliphatic carbocycles. The number of nitrogens with two attached hydrogens (primary N) is 1. The van der Waals surface area contributed by atoms with Crippen molar-refractivity contribution in [1.29, 1.82) is 0 Å². The average Bonchev–Trinajstić information content (AvgIpc) is 2.05. The lowest BCUT2D eigenvalue weighted by Gasteiger charge is -2.48. The molecule has 0 saturated heterocycles. The highest BCUT2D eigenvalue weighted by Crippen LogP contribution is 2.32. The molecular weight excluding hydrogens is 160 g/mol. The fourth-order valence-electron chi connectivity index (χ4n) is 2.34. The van der Waals surface area contributed by atoms with Gasteiger partial charge in [0.1, 0.15) is 0 Å². The molecule has 0 radical (unpaired) electrons. The maximum Gasteiger partial charge on any atom is 0.0326 e. The van der Waals surface area contributed by atoms with Gasteiger partial charge in [-0.25, -0.2) is 0 Å². The minimum absolute atomic E-state index is 0.269. The molecule has 0 amide bonds. The number of nitrogens with zero attached hydrogens (tertiary/aromatic N) is 1. The van der Waals surface area contributed by atoms with Crippen molar-refractivity contribution in [2.45, 2.75) is 57.5 Å². The molecule has 2 N–H and O–H groups in total. The zero-order valence-corrected chi connectivity index (χ0v) is 9.34. The summed E-state index contributed by atoms with van der Waals surface area (Å²) < 4.78 is 0. The SMILES string of the molecule is CCC(CC)(CN)N(C)C1CCC1. The smallest absolute Gasteiger partial charge is 0.0326 e. The molecule has 0 aromatic rings. The Kier molecular flexibility index (Phi) is 3.74. The van der Waals surface area contributed by atoms with Crippen LogP contribution in [0.3, 0.4) is 0 Å². The second-order valence-corrected chi connectivity index (χ2v) is 4.33. The molecule has 2 heteroatoms. The quantitative estimate of drug-likeness (QED) is 0.708. The highest BCUT2D eigenvalue weighted by atomic mass is 15.2. The van der Waals surface area contributed by atoms with Crippen LogP contribution in [0.4, 0.5) is 0 Å². The van der Waals surface area contributed by atoms with Gasteiger partial charge in [-0.15, -0.1) is 0 Å². The van der Waals surface area contributed by atoms with Gasteiger partial charge in [0.25, 0.3) is 0 Å². The molecule has 2 nitrogen and oxygen atoms in total. The van der Waals surface area contributed by atoms with Crippen LogP contribution in [0.1, 0.15) is 46.0 Å². The van der Waals surface area contributed by atoms with E-state index in [-0.39, 0.29) is 5.54 Å². The van der Waals surface area contributed by atoms with Gasteiger partial charge < -0.3 is 5.73 Å². The molecule has 1 fully saturated rings. The predicted molar refractivity (Wildman–Crippen MR) is 57.8 cm³/mol. The summed E-state index contributed by atoms with van der Waals surface area (Å²) in [5.41, 5.74) is 6.17. The topological polar surface area (TPSA) is 29.3 Å². The van der Waals surface area contributed by atoms with Crippen LogP contribution in [-0.4, -0.2) is 30.1 Å². The van der Waals surface area contributed by atoms with E-state index in [1.165, 1.54) is 32.1 Å². The van der Waals surface area contributed by atoms with Gasteiger partial charge in [0.15, 0.2) is 0 Å². The zero-order valence-electron chi connectivity index (χ0n) is 9.34. The summed E-state index contributed by atoms with van der Waals surface area (Å²) in [7, 11) is 2.25.